The molecule has 0 bridgehead atoms. The zero-order valence-corrected chi connectivity index (χ0v) is 10.8. The molecule has 98 valence electrons. The van der Waals surface area contributed by atoms with Crippen molar-refractivity contribution in [3.63, 3.8) is 0 Å². The predicted molar refractivity (Wildman–Crippen MR) is 69.8 cm³/mol. The van der Waals surface area contributed by atoms with Gasteiger partial charge in [-0.05, 0) is 36.9 Å². The van der Waals surface area contributed by atoms with Crippen molar-refractivity contribution in [3.05, 3.63) is 30.1 Å². The Kier molecular flexibility index (Phi) is 3.66. The van der Waals surface area contributed by atoms with Crippen LogP contribution in [0.4, 0.5) is 10.1 Å². The van der Waals surface area contributed by atoms with Crippen LogP contribution in [-0.2, 0) is 4.79 Å². The second kappa shape index (κ2) is 5.06. The van der Waals surface area contributed by atoms with Gasteiger partial charge in [0.25, 0.3) is 0 Å². The van der Waals surface area contributed by atoms with E-state index in [-0.39, 0.29) is 23.1 Å². The van der Waals surface area contributed by atoms with E-state index in [1.807, 2.05) is 0 Å². The minimum Gasteiger partial charge on any atom is -0.322 e. The van der Waals surface area contributed by atoms with E-state index >= 15 is 0 Å². The van der Waals surface area contributed by atoms with Crippen LogP contribution >= 0.6 is 0 Å². The van der Waals surface area contributed by atoms with Gasteiger partial charge in [0.1, 0.15) is 5.82 Å². The van der Waals surface area contributed by atoms with Gasteiger partial charge in [0.2, 0.25) is 5.91 Å². The molecule has 0 aromatic heterocycles. The van der Waals surface area contributed by atoms with Gasteiger partial charge in [-0.2, -0.15) is 0 Å². The summed E-state index contributed by atoms with van der Waals surface area (Å²) in [5.74, 6) is -0.565. The van der Waals surface area contributed by atoms with Gasteiger partial charge in [0.15, 0.2) is 0 Å². The van der Waals surface area contributed by atoms with E-state index in [0.717, 1.165) is 19.4 Å². The third-order valence-corrected chi connectivity index (χ3v) is 3.52. The minimum absolute atomic E-state index is 0.104. The van der Waals surface area contributed by atoms with Crippen LogP contribution in [0.5, 0.6) is 0 Å². The molecule has 1 amide bonds. The number of anilines is 1. The van der Waals surface area contributed by atoms with Crippen molar-refractivity contribution in [2.75, 3.05) is 11.9 Å². The highest BCUT2D eigenvalue weighted by Gasteiger charge is 2.37. The molecular formula is C14H19FN2O. The lowest BCUT2D eigenvalue weighted by atomic mass is 9.77. The highest BCUT2D eigenvalue weighted by atomic mass is 19.1. The van der Waals surface area contributed by atoms with E-state index in [1.54, 1.807) is 18.2 Å². The van der Waals surface area contributed by atoms with E-state index in [4.69, 9.17) is 0 Å². The van der Waals surface area contributed by atoms with Crippen molar-refractivity contribution >= 4 is 11.6 Å². The number of nitrogens with one attached hydrogen (secondary N) is 2. The van der Waals surface area contributed by atoms with Crippen molar-refractivity contribution in [1.82, 2.24) is 5.32 Å². The Labute approximate surface area is 107 Å². The van der Waals surface area contributed by atoms with E-state index in [2.05, 4.69) is 24.5 Å². The maximum Gasteiger partial charge on any atom is 0.242 e. The van der Waals surface area contributed by atoms with Crippen molar-refractivity contribution in [2.45, 2.75) is 32.7 Å². The Balaban J connectivity index is 2.10. The van der Waals surface area contributed by atoms with Crippen molar-refractivity contribution in [2.24, 2.45) is 5.41 Å². The van der Waals surface area contributed by atoms with E-state index < -0.39 is 5.82 Å². The van der Waals surface area contributed by atoms with E-state index in [9.17, 15) is 9.18 Å². The molecule has 1 aromatic rings. The van der Waals surface area contributed by atoms with Crippen LogP contribution in [0.25, 0.3) is 0 Å². The first-order valence-electron chi connectivity index (χ1n) is 6.29. The molecule has 1 fully saturated rings. The van der Waals surface area contributed by atoms with Gasteiger partial charge in [0, 0.05) is 0 Å². The summed E-state index contributed by atoms with van der Waals surface area (Å²) in [6.07, 6.45) is 2.06. The van der Waals surface area contributed by atoms with Gasteiger partial charge in [-0.15, -0.1) is 0 Å². The summed E-state index contributed by atoms with van der Waals surface area (Å²) in [6, 6.07) is 5.95. The zero-order valence-electron chi connectivity index (χ0n) is 10.8. The average Bonchev–Trinajstić information content (AvgIpc) is 2.31. The number of amides is 1. The Morgan fingerprint density at radius 3 is 2.83 bits per heavy atom. The maximum absolute atomic E-state index is 13.5. The molecule has 4 heteroatoms. The molecule has 0 aliphatic carbocycles. The molecule has 1 unspecified atom stereocenters. The molecular weight excluding hydrogens is 231 g/mol. The largest absolute Gasteiger partial charge is 0.322 e. The minimum atomic E-state index is -0.403. The smallest absolute Gasteiger partial charge is 0.242 e. The number of hydrogen-bond acceptors (Lipinski definition) is 2. The second-order valence-corrected chi connectivity index (χ2v) is 5.45. The SMILES string of the molecule is CC1(C)CCCNC1C(=O)Nc1ccccc1F. The first-order valence-corrected chi connectivity index (χ1v) is 6.29. The van der Waals surface area contributed by atoms with Crippen LogP contribution in [0.2, 0.25) is 0 Å². The maximum atomic E-state index is 13.5. The van der Waals surface area contributed by atoms with Gasteiger partial charge < -0.3 is 10.6 Å². The van der Waals surface area contributed by atoms with Crippen LogP contribution in [0.15, 0.2) is 24.3 Å². The number of halogens is 1. The highest BCUT2D eigenvalue weighted by Crippen LogP contribution is 2.30. The number of piperidine rings is 1. The van der Waals surface area contributed by atoms with E-state index in [1.165, 1.54) is 6.07 Å². The summed E-state index contributed by atoms with van der Waals surface area (Å²) in [6.45, 7) is 4.95. The summed E-state index contributed by atoms with van der Waals surface area (Å²) in [7, 11) is 0. The van der Waals surface area contributed by atoms with Crippen LogP contribution < -0.4 is 10.6 Å². The summed E-state index contributed by atoms with van der Waals surface area (Å²) in [4.78, 5) is 12.2. The molecule has 0 spiro atoms. The molecule has 2 rings (SSSR count). The fourth-order valence-electron chi connectivity index (χ4n) is 2.43. The number of carbonyl (C=O) groups excluding carboxylic acids is 1. The van der Waals surface area contributed by atoms with Crippen molar-refractivity contribution in [1.29, 1.82) is 0 Å². The van der Waals surface area contributed by atoms with Crippen molar-refractivity contribution in [3.8, 4) is 0 Å². The lowest BCUT2D eigenvalue weighted by Crippen LogP contribution is -2.53. The Morgan fingerprint density at radius 1 is 1.44 bits per heavy atom. The topological polar surface area (TPSA) is 41.1 Å². The Bertz CT molecular complexity index is 445. The van der Waals surface area contributed by atoms with Crippen LogP contribution in [0, 0.1) is 11.2 Å². The zero-order chi connectivity index (χ0) is 13.2. The van der Waals surface area contributed by atoms with Gasteiger partial charge in [-0.1, -0.05) is 26.0 Å². The molecule has 0 saturated carbocycles. The number of benzene rings is 1. The first kappa shape index (κ1) is 13.0. The standard InChI is InChI=1S/C14H19FN2O/c1-14(2)8-5-9-16-12(14)13(18)17-11-7-4-3-6-10(11)15/h3-4,6-7,12,16H,5,8-9H2,1-2H3,(H,17,18). The number of hydrogen-bond donors (Lipinski definition) is 2. The van der Waals surface area contributed by atoms with Gasteiger partial charge >= 0.3 is 0 Å². The Hall–Kier alpha value is -1.42. The molecule has 1 saturated heterocycles. The number of para-hydroxylation sites is 1. The molecule has 3 nitrogen and oxygen atoms in total. The van der Waals surface area contributed by atoms with E-state index in [0.29, 0.717) is 0 Å². The fourth-order valence-corrected chi connectivity index (χ4v) is 2.43. The summed E-state index contributed by atoms with van der Waals surface area (Å²) in [5.41, 5.74) is 0.138. The lowest BCUT2D eigenvalue weighted by molar-refractivity contribution is -0.121. The first-order chi connectivity index (χ1) is 8.50. The fraction of sp³-hybridized carbons (Fsp3) is 0.500. The van der Waals surface area contributed by atoms with Gasteiger partial charge in [-0.25, -0.2) is 4.39 Å². The third kappa shape index (κ3) is 2.70. The molecule has 0 radical (unpaired) electrons. The molecule has 18 heavy (non-hydrogen) atoms. The number of carbonyl (C=O) groups is 1. The molecule has 1 atom stereocenters. The molecule has 2 N–H and O–H groups in total. The molecule has 1 heterocycles. The normalized spacial score (nSPS) is 22.5. The molecule has 1 aromatic carbocycles. The summed E-state index contributed by atoms with van der Waals surface area (Å²) < 4.78 is 13.5. The average molecular weight is 250 g/mol. The molecule has 1 aliphatic heterocycles. The summed E-state index contributed by atoms with van der Waals surface area (Å²) in [5, 5.41) is 5.87. The monoisotopic (exact) mass is 250 g/mol. The quantitative estimate of drug-likeness (QED) is 0.847. The summed E-state index contributed by atoms with van der Waals surface area (Å²) >= 11 is 0. The van der Waals surface area contributed by atoms with Gasteiger partial charge in [0.05, 0.1) is 11.7 Å². The van der Waals surface area contributed by atoms with Crippen molar-refractivity contribution < 1.29 is 9.18 Å². The van der Waals surface area contributed by atoms with Crippen LogP contribution in [-0.4, -0.2) is 18.5 Å². The third-order valence-electron chi connectivity index (χ3n) is 3.52. The predicted octanol–water partition coefficient (Wildman–Crippen LogP) is 2.54. The molecule has 1 aliphatic rings. The lowest BCUT2D eigenvalue weighted by Gasteiger charge is -2.38. The Morgan fingerprint density at radius 2 is 2.17 bits per heavy atom. The van der Waals surface area contributed by atoms with Crippen LogP contribution in [0.3, 0.4) is 0 Å². The van der Waals surface area contributed by atoms with Crippen LogP contribution in [0.1, 0.15) is 26.7 Å². The number of rotatable bonds is 2. The highest BCUT2D eigenvalue weighted by molar-refractivity contribution is 5.95. The van der Waals surface area contributed by atoms with Gasteiger partial charge in [-0.3, -0.25) is 4.79 Å². The second-order valence-electron chi connectivity index (χ2n) is 5.45.